The lowest BCUT2D eigenvalue weighted by atomic mass is 9.87. The minimum absolute atomic E-state index is 0.0128. The summed E-state index contributed by atoms with van der Waals surface area (Å²) in [7, 11) is 0. The van der Waals surface area contributed by atoms with Crippen LogP contribution in [0.3, 0.4) is 0 Å². The minimum atomic E-state index is -0.217. The Balaban J connectivity index is 1.71. The highest BCUT2D eigenvalue weighted by atomic mass is 16.2. The highest BCUT2D eigenvalue weighted by Gasteiger charge is 2.14. The van der Waals surface area contributed by atoms with E-state index in [2.05, 4.69) is 37.5 Å². The van der Waals surface area contributed by atoms with Crippen molar-refractivity contribution in [3.8, 4) is 0 Å². The SMILES string of the molecule is CC(C)(C)c1ccc(C(=O)NCC(=O)NCCC2=CCCCC2)cc1. The second-order valence-electron chi connectivity index (χ2n) is 7.72. The van der Waals surface area contributed by atoms with Crippen LogP contribution in [0.4, 0.5) is 0 Å². The molecular weight excluding hydrogens is 312 g/mol. The minimum Gasteiger partial charge on any atom is -0.354 e. The second-order valence-corrected chi connectivity index (χ2v) is 7.72. The summed E-state index contributed by atoms with van der Waals surface area (Å²) in [6.07, 6.45) is 8.04. The van der Waals surface area contributed by atoms with E-state index >= 15 is 0 Å². The molecule has 0 fully saturated rings. The lowest BCUT2D eigenvalue weighted by Crippen LogP contribution is -2.37. The quantitative estimate of drug-likeness (QED) is 0.774. The van der Waals surface area contributed by atoms with Gasteiger partial charge in [0.15, 0.2) is 0 Å². The van der Waals surface area contributed by atoms with Gasteiger partial charge in [-0.25, -0.2) is 0 Å². The van der Waals surface area contributed by atoms with Gasteiger partial charge in [-0.2, -0.15) is 0 Å². The van der Waals surface area contributed by atoms with Crippen molar-refractivity contribution < 1.29 is 9.59 Å². The zero-order valence-corrected chi connectivity index (χ0v) is 15.7. The summed E-state index contributed by atoms with van der Waals surface area (Å²) in [5.41, 5.74) is 3.25. The van der Waals surface area contributed by atoms with Crippen LogP contribution in [-0.4, -0.2) is 24.9 Å². The second kappa shape index (κ2) is 8.84. The molecular formula is C21H30N2O2. The van der Waals surface area contributed by atoms with Gasteiger partial charge in [-0.3, -0.25) is 9.59 Å². The average Bonchev–Trinajstić information content (AvgIpc) is 2.60. The zero-order chi connectivity index (χ0) is 18.3. The molecule has 136 valence electrons. The van der Waals surface area contributed by atoms with Crippen LogP contribution in [0.5, 0.6) is 0 Å². The van der Waals surface area contributed by atoms with E-state index in [9.17, 15) is 9.59 Å². The summed E-state index contributed by atoms with van der Waals surface area (Å²) in [6.45, 7) is 7.06. The number of hydrogen-bond donors (Lipinski definition) is 2. The monoisotopic (exact) mass is 342 g/mol. The number of rotatable bonds is 6. The summed E-state index contributed by atoms with van der Waals surface area (Å²) in [5.74, 6) is -0.360. The largest absolute Gasteiger partial charge is 0.354 e. The van der Waals surface area contributed by atoms with Crippen LogP contribution in [0.1, 0.15) is 68.8 Å². The van der Waals surface area contributed by atoms with E-state index < -0.39 is 0 Å². The fourth-order valence-corrected chi connectivity index (χ4v) is 2.94. The Labute approximate surface area is 151 Å². The molecule has 0 spiro atoms. The fraction of sp³-hybridized carbons (Fsp3) is 0.524. The Hall–Kier alpha value is -2.10. The third kappa shape index (κ3) is 6.37. The van der Waals surface area contributed by atoms with Gasteiger partial charge >= 0.3 is 0 Å². The van der Waals surface area contributed by atoms with E-state index in [0.717, 1.165) is 19.3 Å². The number of carbonyl (C=O) groups is 2. The molecule has 4 nitrogen and oxygen atoms in total. The molecule has 0 saturated carbocycles. The molecule has 1 aliphatic carbocycles. The number of nitrogens with one attached hydrogen (secondary N) is 2. The highest BCUT2D eigenvalue weighted by Crippen LogP contribution is 2.22. The Bertz CT molecular complexity index is 624. The number of benzene rings is 1. The van der Waals surface area contributed by atoms with Crippen molar-refractivity contribution in [1.29, 1.82) is 0 Å². The van der Waals surface area contributed by atoms with Crippen LogP contribution in [0.2, 0.25) is 0 Å². The molecule has 0 aromatic heterocycles. The van der Waals surface area contributed by atoms with Crippen LogP contribution < -0.4 is 10.6 Å². The molecule has 0 bridgehead atoms. The zero-order valence-electron chi connectivity index (χ0n) is 15.7. The van der Waals surface area contributed by atoms with Gasteiger partial charge < -0.3 is 10.6 Å². The van der Waals surface area contributed by atoms with Gasteiger partial charge in [0.2, 0.25) is 5.91 Å². The van der Waals surface area contributed by atoms with Gasteiger partial charge in [0.05, 0.1) is 6.54 Å². The molecule has 0 unspecified atom stereocenters. The van der Waals surface area contributed by atoms with Crippen molar-refractivity contribution in [2.24, 2.45) is 0 Å². The maximum absolute atomic E-state index is 12.1. The molecule has 0 heterocycles. The Morgan fingerprint density at radius 1 is 1.04 bits per heavy atom. The molecule has 0 radical (unpaired) electrons. The van der Waals surface area contributed by atoms with E-state index in [0.29, 0.717) is 12.1 Å². The van der Waals surface area contributed by atoms with Crippen molar-refractivity contribution in [1.82, 2.24) is 10.6 Å². The Kier molecular flexibility index (Phi) is 6.80. The van der Waals surface area contributed by atoms with Gasteiger partial charge in [-0.15, -0.1) is 0 Å². The normalized spacial score (nSPS) is 14.6. The smallest absolute Gasteiger partial charge is 0.251 e. The van der Waals surface area contributed by atoms with Crippen molar-refractivity contribution in [3.63, 3.8) is 0 Å². The Morgan fingerprint density at radius 3 is 2.36 bits per heavy atom. The van der Waals surface area contributed by atoms with E-state index in [1.165, 1.54) is 24.0 Å². The van der Waals surface area contributed by atoms with Gasteiger partial charge in [-0.05, 0) is 55.2 Å². The number of carbonyl (C=O) groups excluding carboxylic acids is 2. The maximum atomic E-state index is 12.1. The summed E-state index contributed by atoms with van der Waals surface area (Å²) < 4.78 is 0. The lowest BCUT2D eigenvalue weighted by Gasteiger charge is -2.19. The van der Waals surface area contributed by atoms with Gasteiger partial charge in [0.25, 0.3) is 5.91 Å². The first-order valence-electron chi connectivity index (χ1n) is 9.19. The molecule has 2 N–H and O–H groups in total. The van der Waals surface area contributed by atoms with Crippen LogP contribution in [-0.2, 0) is 10.2 Å². The van der Waals surface area contributed by atoms with Crippen molar-refractivity contribution in [2.45, 2.75) is 58.3 Å². The number of hydrogen-bond acceptors (Lipinski definition) is 2. The first kappa shape index (κ1) is 19.2. The van der Waals surface area contributed by atoms with E-state index in [4.69, 9.17) is 0 Å². The van der Waals surface area contributed by atoms with E-state index in [-0.39, 0.29) is 23.8 Å². The molecule has 4 heteroatoms. The topological polar surface area (TPSA) is 58.2 Å². The maximum Gasteiger partial charge on any atom is 0.251 e. The van der Waals surface area contributed by atoms with E-state index in [1.54, 1.807) is 0 Å². The highest BCUT2D eigenvalue weighted by molar-refractivity contribution is 5.96. The lowest BCUT2D eigenvalue weighted by molar-refractivity contribution is -0.120. The third-order valence-corrected chi connectivity index (χ3v) is 4.58. The molecule has 1 aromatic rings. The summed E-state index contributed by atoms with van der Waals surface area (Å²) in [6, 6.07) is 7.55. The summed E-state index contributed by atoms with van der Waals surface area (Å²) in [5, 5.41) is 5.55. The molecule has 25 heavy (non-hydrogen) atoms. The molecule has 2 amide bonds. The van der Waals surface area contributed by atoms with Gasteiger partial charge in [0, 0.05) is 12.1 Å². The third-order valence-electron chi connectivity index (χ3n) is 4.58. The molecule has 2 rings (SSSR count). The van der Waals surface area contributed by atoms with Gasteiger partial charge in [-0.1, -0.05) is 44.6 Å². The summed E-state index contributed by atoms with van der Waals surface area (Å²) in [4.78, 5) is 24.0. The predicted molar refractivity (Wildman–Crippen MR) is 102 cm³/mol. The number of amides is 2. The van der Waals surface area contributed by atoms with Crippen LogP contribution >= 0.6 is 0 Å². The first-order chi connectivity index (χ1) is 11.9. The van der Waals surface area contributed by atoms with Crippen LogP contribution in [0.15, 0.2) is 35.9 Å². The molecule has 1 aliphatic rings. The molecule has 0 atom stereocenters. The molecule has 0 aliphatic heterocycles. The fourth-order valence-electron chi connectivity index (χ4n) is 2.94. The molecule has 1 aromatic carbocycles. The predicted octanol–water partition coefficient (Wildman–Crippen LogP) is 3.72. The van der Waals surface area contributed by atoms with Crippen molar-refractivity contribution in [3.05, 3.63) is 47.0 Å². The van der Waals surface area contributed by atoms with Crippen molar-refractivity contribution in [2.75, 3.05) is 13.1 Å². The van der Waals surface area contributed by atoms with E-state index in [1.807, 2.05) is 24.3 Å². The molecule has 0 saturated heterocycles. The summed E-state index contributed by atoms with van der Waals surface area (Å²) >= 11 is 0. The van der Waals surface area contributed by atoms with Gasteiger partial charge in [0.1, 0.15) is 0 Å². The van der Waals surface area contributed by atoms with Crippen LogP contribution in [0.25, 0.3) is 0 Å². The number of allylic oxidation sites excluding steroid dienone is 1. The van der Waals surface area contributed by atoms with Crippen LogP contribution in [0, 0.1) is 0 Å². The first-order valence-corrected chi connectivity index (χ1v) is 9.19. The van der Waals surface area contributed by atoms with Crippen molar-refractivity contribution >= 4 is 11.8 Å². The Morgan fingerprint density at radius 2 is 1.76 bits per heavy atom. The standard InChI is InChI=1S/C21H30N2O2/c1-21(2,3)18-11-9-17(10-12-18)20(25)23-15-19(24)22-14-13-16-7-5-4-6-8-16/h7,9-12H,4-6,8,13-15H2,1-3H3,(H,22,24)(H,23,25). The average molecular weight is 342 g/mol.